The van der Waals surface area contributed by atoms with Gasteiger partial charge in [0.2, 0.25) is 10.0 Å². The van der Waals surface area contributed by atoms with Gasteiger partial charge in [-0.2, -0.15) is 4.31 Å². The van der Waals surface area contributed by atoms with Gasteiger partial charge in [0.05, 0.1) is 12.9 Å². The highest BCUT2D eigenvalue weighted by molar-refractivity contribution is 7.88. The molecular formula is C10H19N3O5S. The maximum absolute atomic E-state index is 11.7. The summed E-state index contributed by atoms with van der Waals surface area (Å²) in [5.74, 6) is -0.495. The molecule has 0 bridgehead atoms. The summed E-state index contributed by atoms with van der Waals surface area (Å²) in [5.41, 5.74) is 0. The van der Waals surface area contributed by atoms with Gasteiger partial charge < -0.3 is 15.0 Å². The lowest BCUT2D eigenvalue weighted by atomic mass is 10.4. The second-order valence-corrected chi connectivity index (χ2v) is 6.10. The fraction of sp³-hybridized carbons (Fsp3) is 0.800. The van der Waals surface area contributed by atoms with E-state index in [1.807, 2.05) is 0 Å². The first kappa shape index (κ1) is 15.7. The summed E-state index contributed by atoms with van der Waals surface area (Å²) in [6.45, 7) is 2.92. The maximum Gasteiger partial charge on any atom is 0.325 e. The molecule has 19 heavy (non-hydrogen) atoms. The molecule has 1 N–H and O–H groups in total. The topological polar surface area (TPSA) is 96.0 Å². The van der Waals surface area contributed by atoms with Crippen LogP contribution in [0.4, 0.5) is 4.79 Å². The van der Waals surface area contributed by atoms with E-state index in [4.69, 9.17) is 0 Å². The SMILES string of the molecule is CCOC(=O)CNC(=O)N1CCN(S(C)(=O)=O)CC1. The molecule has 0 atom stereocenters. The van der Waals surface area contributed by atoms with Crippen LogP contribution < -0.4 is 5.32 Å². The zero-order valence-electron chi connectivity index (χ0n) is 11.1. The molecule has 0 aliphatic carbocycles. The Balaban J connectivity index is 2.35. The summed E-state index contributed by atoms with van der Waals surface area (Å²) >= 11 is 0. The third-order valence-corrected chi connectivity index (χ3v) is 3.99. The zero-order chi connectivity index (χ0) is 14.5. The number of carbonyl (C=O) groups is 2. The number of urea groups is 1. The summed E-state index contributed by atoms with van der Waals surface area (Å²) in [4.78, 5) is 24.2. The normalized spacial score (nSPS) is 17.1. The first-order chi connectivity index (χ1) is 8.84. The molecule has 0 aromatic rings. The van der Waals surface area contributed by atoms with Gasteiger partial charge in [0.1, 0.15) is 6.54 Å². The number of amides is 2. The third kappa shape index (κ3) is 5.03. The van der Waals surface area contributed by atoms with Crippen LogP contribution in [-0.2, 0) is 19.6 Å². The number of nitrogens with zero attached hydrogens (tertiary/aromatic N) is 2. The molecule has 0 aromatic heterocycles. The van der Waals surface area contributed by atoms with Gasteiger partial charge in [-0.15, -0.1) is 0 Å². The van der Waals surface area contributed by atoms with Crippen molar-refractivity contribution in [3.63, 3.8) is 0 Å². The fourth-order valence-electron chi connectivity index (χ4n) is 1.69. The number of hydrogen-bond donors (Lipinski definition) is 1. The fourth-order valence-corrected chi connectivity index (χ4v) is 2.52. The molecule has 0 aromatic carbocycles. The smallest absolute Gasteiger partial charge is 0.325 e. The predicted molar refractivity (Wildman–Crippen MR) is 68.0 cm³/mol. The van der Waals surface area contributed by atoms with Crippen molar-refractivity contribution >= 4 is 22.0 Å². The average Bonchev–Trinajstić information content (AvgIpc) is 2.35. The van der Waals surface area contributed by atoms with Crippen molar-refractivity contribution in [2.24, 2.45) is 0 Å². The van der Waals surface area contributed by atoms with E-state index in [2.05, 4.69) is 10.1 Å². The minimum atomic E-state index is -3.21. The van der Waals surface area contributed by atoms with Gasteiger partial charge in [-0.05, 0) is 6.92 Å². The molecule has 1 rings (SSSR count). The molecule has 1 aliphatic rings. The monoisotopic (exact) mass is 293 g/mol. The molecule has 0 spiro atoms. The standard InChI is InChI=1S/C10H19N3O5S/c1-3-18-9(14)8-11-10(15)12-4-6-13(7-5-12)19(2,16)17/h3-8H2,1-2H3,(H,11,15). The van der Waals surface area contributed by atoms with Crippen molar-refractivity contribution in [2.45, 2.75) is 6.92 Å². The van der Waals surface area contributed by atoms with Crippen molar-refractivity contribution in [2.75, 3.05) is 45.6 Å². The number of rotatable bonds is 4. The number of nitrogens with one attached hydrogen (secondary N) is 1. The van der Waals surface area contributed by atoms with Crippen molar-refractivity contribution < 1.29 is 22.7 Å². The molecule has 1 heterocycles. The molecule has 0 saturated carbocycles. The largest absolute Gasteiger partial charge is 0.465 e. The van der Waals surface area contributed by atoms with Crippen molar-refractivity contribution in [1.29, 1.82) is 0 Å². The summed E-state index contributed by atoms with van der Waals surface area (Å²) in [6.07, 6.45) is 1.14. The van der Waals surface area contributed by atoms with Crippen LogP contribution in [-0.4, -0.2) is 75.2 Å². The Labute approximate surface area is 112 Å². The zero-order valence-corrected chi connectivity index (χ0v) is 11.9. The van der Waals surface area contributed by atoms with Gasteiger partial charge in [-0.25, -0.2) is 13.2 Å². The molecule has 8 nitrogen and oxygen atoms in total. The predicted octanol–water partition coefficient (Wildman–Crippen LogP) is -1.16. The highest BCUT2D eigenvalue weighted by Crippen LogP contribution is 2.05. The molecule has 9 heteroatoms. The van der Waals surface area contributed by atoms with Crippen LogP contribution in [0.3, 0.4) is 0 Å². The first-order valence-electron chi connectivity index (χ1n) is 5.98. The average molecular weight is 293 g/mol. The summed E-state index contributed by atoms with van der Waals surface area (Å²) < 4.78 is 28.6. The Morgan fingerprint density at radius 1 is 1.21 bits per heavy atom. The molecule has 1 saturated heterocycles. The van der Waals surface area contributed by atoms with Crippen LogP contribution >= 0.6 is 0 Å². The number of esters is 1. The van der Waals surface area contributed by atoms with Gasteiger partial charge in [0, 0.05) is 26.2 Å². The molecule has 0 radical (unpaired) electrons. The number of hydrogen-bond acceptors (Lipinski definition) is 5. The highest BCUT2D eigenvalue weighted by atomic mass is 32.2. The third-order valence-electron chi connectivity index (χ3n) is 2.68. The van der Waals surface area contributed by atoms with Crippen molar-refractivity contribution in [3.8, 4) is 0 Å². The van der Waals surface area contributed by atoms with E-state index in [-0.39, 0.29) is 32.3 Å². The van der Waals surface area contributed by atoms with E-state index < -0.39 is 16.0 Å². The lowest BCUT2D eigenvalue weighted by Gasteiger charge is -2.33. The van der Waals surface area contributed by atoms with Gasteiger partial charge in [0.15, 0.2) is 0 Å². The van der Waals surface area contributed by atoms with Crippen LogP contribution in [0.5, 0.6) is 0 Å². The number of carbonyl (C=O) groups excluding carboxylic acids is 2. The molecule has 0 unspecified atom stereocenters. The van der Waals surface area contributed by atoms with E-state index in [0.29, 0.717) is 13.1 Å². The van der Waals surface area contributed by atoms with Crippen LogP contribution in [0.2, 0.25) is 0 Å². The number of ether oxygens (including phenoxy) is 1. The van der Waals surface area contributed by atoms with Gasteiger partial charge in [0.25, 0.3) is 0 Å². The second-order valence-electron chi connectivity index (χ2n) is 4.11. The van der Waals surface area contributed by atoms with Gasteiger partial charge >= 0.3 is 12.0 Å². The van der Waals surface area contributed by atoms with Crippen LogP contribution in [0.1, 0.15) is 6.92 Å². The van der Waals surface area contributed by atoms with Crippen molar-refractivity contribution in [3.05, 3.63) is 0 Å². The van der Waals surface area contributed by atoms with Crippen LogP contribution in [0.25, 0.3) is 0 Å². The molecular weight excluding hydrogens is 274 g/mol. The van der Waals surface area contributed by atoms with Crippen molar-refractivity contribution in [1.82, 2.24) is 14.5 Å². The second kappa shape index (κ2) is 6.71. The maximum atomic E-state index is 11.7. The summed E-state index contributed by atoms with van der Waals surface area (Å²) in [6, 6.07) is -0.388. The number of sulfonamides is 1. The van der Waals surface area contributed by atoms with Crippen LogP contribution in [0.15, 0.2) is 0 Å². The Hall–Kier alpha value is -1.35. The lowest BCUT2D eigenvalue weighted by molar-refractivity contribution is -0.141. The minimum Gasteiger partial charge on any atom is -0.465 e. The Kier molecular flexibility index (Phi) is 5.55. The minimum absolute atomic E-state index is 0.182. The Bertz CT molecular complexity index is 428. The Morgan fingerprint density at radius 2 is 1.79 bits per heavy atom. The van der Waals surface area contributed by atoms with E-state index >= 15 is 0 Å². The highest BCUT2D eigenvalue weighted by Gasteiger charge is 2.26. The quantitative estimate of drug-likeness (QED) is 0.659. The molecule has 2 amide bonds. The number of piperazine rings is 1. The van der Waals surface area contributed by atoms with Gasteiger partial charge in [-0.3, -0.25) is 4.79 Å². The van der Waals surface area contributed by atoms with E-state index in [1.165, 1.54) is 9.21 Å². The van der Waals surface area contributed by atoms with Crippen LogP contribution in [0, 0.1) is 0 Å². The van der Waals surface area contributed by atoms with E-state index in [9.17, 15) is 18.0 Å². The molecule has 1 aliphatic heterocycles. The summed E-state index contributed by atoms with van der Waals surface area (Å²) in [7, 11) is -3.21. The summed E-state index contributed by atoms with van der Waals surface area (Å²) in [5, 5.41) is 2.44. The molecule has 1 fully saturated rings. The van der Waals surface area contributed by atoms with E-state index in [0.717, 1.165) is 6.26 Å². The van der Waals surface area contributed by atoms with E-state index in [1.54, 1.807) is 6.92 Å². The lowest BCUT2D eigenvalue weighted by Crippen LogP contribution is -2.53. The molecule has 110 valence electrons. The Morgan fingerprint density at radius 3 is 2.26 bits per heavy atom. The first-order valence-corrected chi connectivity index (χ1v) is 7.83. The van der Waals surface area contributed by atoms with Gasteiger partial charge in [-0.1, -0.05) is 0 Å².